The van der Waals surface area contributed by atoms with E-state index in [9.17, 15) is 14.7 Å². The third-order valence-electron chi connectivity index (χ3n) is 4.35. The van der Waals surface area contributed by atoms with Gasteiger partial charge >= 0.3 is 5.97 Å². The van der Waals surface area contributed by atoms with E-state index in [1.54, 1.807) is 0 Å². The second-order valence-electron chi connectivity index (χ2n) is 5.58. The largest absolute Gasteiger partial charge is 0.481 e. The molecule has 1 fully saturated rings. The minimum atomic E-state index is -0.864. The second-order valence-corrected chi connectivity index (χ2v) is 7.38. The number of carbonyl (C=O) groups is 2. The number of carboxylic acid groups (broad SMARTS) is 1. The van der Waals surface area contributed by atoms with Gasteiger partial charge in [0.2, 0.25) is 5.91 Å². The van der Waals surface area contributed by atoms with E-state index in [0.717, 1.165) is 22.1 Å². The number of rotatable bonds is 5. The number of carbonyl (C=O) groups excluding carboxylic acids is 1. The van der Waals surface area contributed by atoms with Gasteiger partial charge in [-0.05, 0) is 36.8 Å². The van der Waals surface area contributed by atoms with Gasteiger partial charge in [-0.3, -0.25) is 9.59 Å². The van der Waals surface area contributed by atoms with E-state index in [4.69, 9.17) is 11.6 Å². The summed E-state index contributed by atoms with van der Waals surface area (Å²) < 4.78 is 0.737. The van der Waals surface area contributed by atoms with Crippen molar-refractivity contribution in [1.82, 2.24) is 5.32 Å². The number of fused-ring (bicyclic) bond motifs is 2. The molecule has 0 aliphatic heterocycles. The Morgan fingerprint density at radius 3 is 2.62 bits per heavy atom. The Hall–Kier alpha value is -1.33. The van der Waals surface area contributed by atoms with Crippen molar-refractivity contribution in [3.8, 4) is 0 Å². The third kappa shape index (κ3) is 2.85. The van der Waals surface area contributed by atoms with Crippen LogP contribution in [-0.2, 0) is 16.0 Å². The van der Waals surface area contributed by atoms with E-state index in [2.05, 4.69) is 5.32 Å². The molecule has 1 saturated carbocycles. The average molecular weight is 326 g/mol. The Morgan fingerprint density at radius 1 is 1.29 bits per heavy atom. The molecule has 1 aromatic rings. The summed E-state index contributed by atoms with van der Waals surface area (Å²) in [6.07, 6.45) is 5.45. The van der Waals surface area contributed by atoms with E-state index in [-0.39, 0.29) is 17.7 Å². The topological polar surface area (TPSA) is 66.4 Å². The van der Waals surface area contributed by atoms with Crippen molar-refractivity contribution in [1.29, 1.82) is 0 Å². The Bertz CT molecular complexity index is 597. The van der Waals surface area contributed by atoms with Crippen LogP contribution < -0.4 is 5.32 Å². The molecule has 4 nitrogen and oxygen atoms in total. The summed E-state index contributed by atoms with van der Waals surface area (Å²) in [4.78, 5) is 24.8. The number of allylic oxidation sites excluding steroid dienone is 2. The molecule has 6 heteroatoms. The van der Waals surface area contributed by atoms with Gasteiger partial charge in [0.1, 0.15) is 0 Å². The minimum Gasteiger partial charge on any atom is -0.481 e. The summed E-state index contributed by atoms with van der Waals surface area (Å²) in [6.45, 7) is 0.514. The van der Waals surface area contributed by atoms with Crippen molar-refractivity contribution in [2.24, 2.45) is 23.7 Å². The van der Waals surface area contributed by atoms with Crippen LogP contribution in [-0.4, -0.2) is 23.5 Å². The molecule has 0 spiro atoms. The van der Waals surface area contributed by atoms with E-state index >= 15 is 0 Å². The average Bonchev–Trinajstić information content (AvgIpc) is 3.13. The molecule has 112 valence electrons. The highest BCUT2D eigenvalue weighted by Crippen LogP contribution is 2.48. The maximum Gasteiger partial charge on any atom is 0.307 e. The van der Waals surface area contributed by atoms with Gasteiger partial charge in [-0.1, -0.05) is 23.8 Å². The van der Waals surface area contributed by atoms with Crippen LogP contribution in [0.1, 0.15) is 11.3 Å². The molecule has 3 rings (SSSR count). The van der Waals surface area contributed by atoms with E-state index in [1.807, 2.05) is 24.3 Å². The first-order valence-corrected chi connectivity index (χ1v) is 8.19. The number of hydrogen-bond acceptors (Lipinski definition) is 3. The quantitative estimate of drug-likeness (QED) is 0.818. The number of carboxylic acids is 1. The van der Waals surface area contributed by atoms with Crippen LogP contribution in [0.5, 0.6) is 0 Å². The molecule has 2 bridgehead atoms. The number of halogens is 1. The van der Waals surface area contributed by atoms with Crippen LogP contribution in [0.3, 0.4) is 0 Å². The first-order chi connectivity index (χ1) is 10.1. The van der Waals surface area contributed by atoms with Crippen molar-refractivity contribution in [2.75, 3.05) is 6.54 Å². The van der Waals surface area contributed by atoms with Crippen molar-refractivity contribution < 1.29 is 14.7 Å². The normalized spacial score (nSPS) is 29.8. The highest BCUT2D eigenvalue weighted by atomic mass is 35.5. The molecule has 0 radical (unpaired) electrons. The van der Waals surface area contributed by atoms with Crippen molar-refractivity contribution in [2.45, 2.75) is 12.8 Å². The SMILES string of the molecule is O=C(O)[C@@H]1C2C=CC(C2)[C@@H]1C(=O)NCCc1ccc(Cl)s1. The predicted octanol–water partition coefficient (Wildman–Crippen LogP) is 2.58. The monoisotopic (exact) mass is 325 g/mol. The van der Waals surface area contributed by atoms with Crippen LogP contribution >= 0.6 is 22.9 Å². The van der Waals surface area contributed by atoms with Gasteiger partial charge in [-0.15, -0.1) is 11.3 Å². The zero-order chi connectivity index (χ0) is 15.0. The van der Waals surface area contributed by atoms with Gasteiger partial charge in [-0.2, -0.15) is 0 Å². The van der Waals surface area contributed by atoms with Crippen molar-refractivity contribution in [3.63, 3.8) is 0 Å². The smallest absolute Gasteiger partial charge is 0.307 e. The van der Waals surface area contributed by atoms with Crippen molar-refractivity contribution in [3.05, 3.63) is 33.5 Å². The molecule has 2 unspecified atom stereocenters. The lowest BCUT2D eigenvalue weighted by molar-refractivity contribution is -0.147. The maximum atomic E-state index is 12.3. The summed E-state index contributed by atoms with van der Waals surface area (Å²) in [5, 5.41) is 12.2. The molecule has 4 atom stereocenters. The fourth-order valence-corrected chi connectivity index (χ4v) is 4.52. The van der Waals surface area contributed by atoms with Gasteiger partial charge in [0, 0.05) is 11.4 Å². The predicted molar refractivity (Wildman–Crippen MR) is 81.4 cm³/mol. The lowest BCUT2D eigenvalue weighted by atomic mass is 9.82. The van der Waals surface area contributed by atoms with Gasteiger partial charge in [0.25, 0.3) is 0 Å². The second kappa shape index (κ2) is 5.81. The molecule has 0 aromatic carbocycles. The highest BCUT2D eigenvalue weighted by molar-refractivity contribution is 7.16. The van der Waals surface area contributed by atoms with Crippen LogP contribution in [0.4, 0.5) is 0 Å². The molecule has 21 heavy (non-hydrogen) atoms. The Kier molecular flexibility index (Phi) is 4.04. The van der Waals surface area contributed by atoms with E-state index in [0.29, 0.717) is 6.54 Å². The number of thiophene rings is 1. The summed E-state index contributed by atoms with van der Waals surface area (Å²) >= 11 is 7.36. The van der Waals surface area contributed by atoms with Gasteiger partial charge in [0.15, 0.2) is 0 Å². The standard InChI is InChI=1S/C15H16ClNO3S/c16-11-4-3-10(21-11)5-6-17-14(18)12-8-1-2-9(7-8)13(12)15(19)20/h1-4,8-9,12-13H,5-7H2,(H,17,18)(H,19,20)/t8?,9?,12-,13+/m0/s1. The number of nitrogens with one attached hydrogen (secondary N) is 1. The molecule has 0 saturated heterocycles. The molecule has 2 aliphatic rings. The molecular formula is C15H16ClNO3S. The summed E-state index contributed by atoms with van der Waals surface area (Å²) in [5.41, 5.74) is 0. The Morgan fingerprint density at radius 2 is 2.00 bits per heavy atom. The lowest BCUT2D eigenvalue weighted by Crippen LogP contribution is -2.40. The molecule has 1 amide bonds. The minimum absolute atomic E-state index is 0.0133. The third-order valence-corrected chi connectivity index (χ3v) is 5.64. The molecule has 1 aromatic heterocycles. The van der Waals surface area contributed by atoms with Crippen LogP contribution in [0.25, 0.3) is 0 Å². The first-order valence-electron chi connectivity index (χ1n) is 6.99. The molecule has 2 N–H and O–H groups in total. The fourth-order valence-electron chi connectivity index (χ4n) is 3.43. The van der Waals surface area contributed by atoms with Crippen LogP contribution in [0.2, 0.25) is 4.34 Å². The fraction of sp³-hybridized carbons (Fsp3) is 0.467. The zero-order valence-electron chi connectivity index (χ0n) is 11.3. The lowest BCUT2D eigenvalue weighted by Gasteiger charge is -2.23. The van der Waals surface area contributed by atoms with Gasteiger partial charge in [0.05, 0.1) is 16.2 Å². The first kappa shape index (κ1) is 14.6. The van der Waals surface area contributed by atoms with Crippen molar-refractivity contribution >= 4 is 34.8 Å². The molecule has 1 heterocycles. The maximum absolute atomic E-state index is 12.3. The zero-order valence-corrected chi connectivity index (χ0v) is 12.9. The van der Waals surface area contributed by atoms with E-state index < -0.39 is 17.8 Å². The Labute approximate surface area is 131 Å². The Balaban J connectivity index is 1.57. The molecule has 2 aliphatic carbocycles. The van der Waals surface area contributed by atoms with Crippen LogP contribution in [0.15, 0.2) is 24.3 Å². The number of hydrogen-bond donors (Lipinski definition) is 2. The summed E-state index contributed by atoms with van der Waals surface area (Å²) in [6, 6.07) is 3.78. The molecular weight excluding hydrogens is 310 g/mol. The summed E-state index contributed by atoms with van der Waals surface area (Å²) in [7, 11) is 0. The van der Waals surface area contributed by atoms with Gasteiger partial charge in [-0.25, -0.2) is 0 Å². The number of aliphatic carboxylic acids is 1. The number of amides is 1. The van der Waals surface area contributed by atoms with Crippen LogP contribution in [0, 0.1) is 23.7 Å². The summed E-state index contributed by atoms with van der Waals surface area (Å²) in [5.74, 6) is -1.91. The van der Waals surface area contributed by atoms with E-state index in [1.165, 1.54) is 11.3 Å². The van der Waals surface area contributed by atoms with Gasteiger partial charge < -0.3 is 10.4 Å². The highest BCUT2D eigenvalue weighted by Gasteiger charge is 2.51.